The van der Waals surface area contributed by atoms with Crippen molar-refractivity contribution >= 4 is 11.8 Å². The lowest BCUT2D eigenvalue weighted by Gasteiger charge is -2.11. The number of benzene rings is 1. The van der Waals surface area contributed by atoms with Crippen molar-refractivity contribution in [2.24, 2.45) is 0 Å². The molecule has 4 nitrogen and oxygen atoms in total. The zero-order valence-electron chi connectivity index (χ0n) is 13.1. The van der Waals surface area contributed by atoms with Gasteiger partial charge in [0.05, 0.1) is 0 Å². The highest BCUT2D eigenvalue weighted by molar-refractivity contribution is 5.99. The maximum absolute atomic E-state index is 13.8. The van der Waals surface area contributed by atoms with Crippen molar-refractivity contribution < 1.29 is 18.7 Å². The van der Waals surface area contributed by atoms with Crippen LogP contribution in [0.3, 0.4) is 0 Å². The van der Waals surface area contributed by atoms with Crippen molar-refractivity contribution in [3.05, 3.63) is 52.6 Å². The topological polar surface area (TPSA) is 48.3 Å². The van der Waals surface area contributed by atoms with Crippen molar-refractivity contribution in [1.29, 1.82) is 0 Å². The number of carbonyl (C=O) groups is 2. The Hall–Kier alpha value is -2.43. The summed E-state index contributed by atoms with van der Waals surface area (Å²) in [6.07, 6.45) is 0. The third-order valence-corrected chi connectivity index (χ3v) is 3.55. The first-order valence-corrected chi connectivity index (χ1v) is 6.93. The van der Waals surface area contributed by atoms with Crippen molar-refractivity contribution in [2.75, 3.05) is 6.61 Å². The van der Waals surface area contributed by atoms with E-state index in [9.17, 15) is 14.0 Å². The number of nitrogens with zero attached hydrogens (tertiary/aromatic N) is 1. The van der Waals surface area contributed by atoms with E-state index in [0.29, 0.717) is 22.5 Å². The van der Waals surface area contributed by atoms with Crippen LogP contribution in [-0.4, -0.2) is 22.9 Å². The van der Waals surface area contributed by atoms with Crippen molar-refractivity contribution in [2.45, 2.75) is 27.7 Å². The molecule has 0 saturated carbocycles. The Labute approximate surface area is 128 Å². The molecule has 1 aromatic carbocycles. The number of aromatic nitrogens is 1. The smallest absolute Gasteiger partial charge is 0.303 e. The van der Waals surface area contributed by atoms with Gasteiger partial charge in [-0.25, -0.2) is 4.39 Å². The molecule has 22 heavy (non-hydrogen) atoms. The summed E-state index contributed by atoms with van der Waals surface area (Å²) >= 11 is 0. The van der Waals surface area contributed by atoms with Crippen LogP contribution < -0.4 is 0 Å². The number of esters is 1. The third kappa shape index (κ3) is 3.08. The van der Waals surface area contributed by atoms with Crippen molar-refractivity contribution in [1.82, 2.24) is 4.57 Å². The summed E-state index contributed by atoms with van der Waals surface area (Å²) in [5.74, 6) is -1.07. The third-order valence-electron chi connectivity index (χ3n) is 3.55. The van der Waals surface area contributed by atoms with E-state index < -0.39 is 5.97 Å². The Morgan fingerprint density at radius 1 is 1.18 bits per heavy atom. The highest BCUT2D eigenvalue weighted by Gasteiger charge is 2.18. The number of Topliss-reactive ketones (excluding diaryl/α,β-unsaturated/α-hetero) is 1. The normalized spacial score (nSPS) is 10.6. The predicted molar refractivity (Wildman–Crippen MR) is 80.9 cm³/mol. The molecular weight excluding hydrogens is 285 g/mol. The van der Waals surface area contributed by atoms with E-state index in [4.69, 9.17) is 4.74 Å². The maximum atomic E-state index is 13.8. The molecule has 1 aromatic heterocycles. The second kappa shape index (κ2) is 6.13. The Morgan fingerprint density at radius 3 is 2.45 bits per heavy atom. The number of ether oxygens (including phenoxy) is 1. The van der Waals surface area contributed by atoms with Gasteiger partial charge in [0.2, 0.25) is 5.78 Å². The minimum Gasteiger partial charge on any atom is -0.457 e. The van der Waals surface area contributed by atoms with Crippen LogP contribution >= 0.6 is 0 Å². The van der Waals surface area contributed by atoms with Gasteiger partial charge in [-0.1, -0.05) is 6.07 Å². The monoisotopic (exact) mass is 303 g/mol. The highest BCUT2D eigenvalue weighted by Crippen LogP contribution is 2.22. The SMILES string of the molecule is CC(=O)OCC(=O)c1cc(C)n(-c2ccc(C)c(F)c2)c1C. The van der Waals surface area contributed by atoms with E-state index in [2.05, 4.69) is 0 Å². The number of hydrogen-bond donors (Lipinski definition) is 0. The fourth-order valence-electron chi connectivity index (χ4n) is 2.41. The van der Waals surface area contributed by atoms with Crippen LogP contribution in [0.25, 0.3) is 5.69 Å². The average molecular weight is 303 g/mol. The standard InChI is InChI=1S/C17H18FNO3/c1-10-5-6-14(8-16(10)18)19-11(2)7-15(12(19)3)17(21)9-22-13(4)20/h5-8H,9H2,1-4H3. The molecule has 0 fully saturated rings. The summed E-state index contributed by atoms with van der Waals surface area (Å²) in [5.41, 5.74) is 3.20. The van der Waals surface area contributed by atoms with Gasteiger partial charge in [-0.3, -0.25) is 9.59 Å². The fourth-order valence-corrected chi connectivity index (χ4v) is 2.41. The fraction of sp³-hybridized carbons (Fsp3) is 0.294. The number of rotatable bonds is 4. The van der Waals surface area contributed by atoms with Gasteiger partial charge >= 0.3 is 5.97 Å². The van der Waals surface area contributed by atoms with Crippen LogP contribution in [0.4, 0.5) is 4.39 Å². The van der Waals surface area contributed by atoms with Crippen LogP contribution in [0.15, 0.2) is 24.3 Å². The van der Waals surface area contributed by atoms with Gasteiger partial charge in [0.15, 0.2) is 6.61 Å². The van der Waals surface area contributed by atoms with Gasteiger partial charge in [-0.2, -0.15) is 0 Å². The first-order chi connectivity index (χ1) is 10.3. The molecule has 0 aliphatic carbocycles. The Bertz CT molecular complexity index is 747. The predicted octanol–water partition coefficient (Wildman–Crippen LogP) is 3.29. The van der Waals surface area contributed by atoms with Crippen LogP contribution in [0.5, 0.6) is 0 Å². The number of ketones is 1. The summed E-state index contributed by atoms with van der Waals surface area (Å²) in [7, 11) is 0. The van der Waals surface area contributed by atoms with Gasteiger partial charge in [0, 0.05) is 29.6 Å². The second-order valence-electron chi connectivity index (χ2n) is 5.26. The Kier molecular flexibility index (Phi) is 4.45. The van der Waals surface area contributed by atoms with E-state index >= 15 is 0 Å². The maximum Gasteiger partial charge on any atom is 0.303 e. The van der Waals surface area contributed by atoms with Gasteiger partial charge in [-0.05, 0) is 44.5 Å². The van der Waals surface area contributed by atoms with Gasteiger partial charge < -0.3 is 9.30 Å². The summed E-state index contributed by atoms with van der Waals surface area (Å²) in [5, 5.41) is 0. The quantitative estimate of drug-likeness (QED) is 0.643. The Morgan fingerprint density at radius 2 is 1.86 bits per heavy atom. The highest BCUT2D eigenvalue weighted by atomic mass is 19.1. The summed E-state index contributed by atoms with van der Waals surface area (Å²) < 4.78 is 20.3. The molecule has 0 amide bonds. The van der Waals surface area contributed by atoms with Crippen LogP contribution in [-0.2, 0) is 9.53 Å². The molecule has 0 saturated heterocycles. The van der Waals surface area contributed by atoms with Crippen molar-refractivity contribution in [3.63, 3.8) is 0 Å². The molecule has 0 aliphatic heterocycles. The molecule has 0 aliphatic rings. The summed E-state index contributed by atoms with van der Waals surface area (Å²) in [6, 6.07) is 6.66. The number of carbonyl (C=O) groups excluding carboxylic acids is 2. The zero-order chi connectivity index (χ0) is 16.4. The van der Waals surface area contributed by atoms with E-state index in [1.165, 1.54) is 13.0 Å². The molecule has 0 radical (unpaired) electrons. The van der Waals surface area contributed by atoms with Crippen LogP contribution in [0.2, 0.25) is 0 Å². The number of aryl methyl sites for hydroxylation is 2. The minimum absolute atomic E-state index is 0.276. The number of halogens is 1. The lowest BCUT2D eigenvalue weighted by molar-refractivity contribution is -0.139. The van der Waals surface area contributed by atoms with E-state index in [1.54, 1.807) is 32.0 Å². The van der Waals surface area contributed by atoms with Crippen LogP contribution in [0.1, 0.15) is 34.2 Å². The molecule has 2 aromatic rings. The van der Waals surface area contributed by atoms with Gasteiger partial charge in [0.25, 0.3) is 0 Å². The summed E-state index contributed by atoms with van der Waals surface area (Å²) in [4.78, 5) is 22.9. The largest absolute Gasteiger partial charge is 0.457 e. The molecule has 0 bridgehead atoms. The first-order valence-electron chi connectivity index (χ1n) is 6.93. The molecule has 2 rings (SSSR count). The molecule has 0 unspecified atom stereocenters. The van der Waals surface area contributed by atoms with Gasteiger partial charge in [-0.15, -0.1) is 0 Å². The van der Waals surface area contributed by atoms with Crippen LogP contribution in [0, 0.1) is 26.6 Å². The molecule has 0 N–H and O–H groups in total. The van der Waals surface area contributed by atoms with Crippen molar-refractivity contribution in [3.8, 4) is 5.69 Å². The molecule has 0 spiro atoms. The molecule has 1 heterocycles. The number of hydrogen-bond acceptors (Lipinski definition) is 3. The zero-order valence-corrected chi connectivity index (χ0v) is 13.1. The first kappa shape index (κ1) is 15.9. The summed E-state index contributed by atoms with van der Waals surface area (Å²) in [6.45, 7) is 6.29. The average Bonchev–Trinajstić information content (AvgIpc) is 2.75. The lowest BCUT2D eigenvalue weighted by atomic mass is 10.1. The molecule has 116 valence electrons. The minimum atomic E-state index is -0.497. The molecule has 0 atom stereocenters. The lowest BCUT2D eigenvalue weighted by Crippen LogP contribution is -2.12. The van der Waals surface area contributed by atoms with Gasteiger partial charge in [0.1, 0.15) is 5.82 Å². The molecular formula is C17H18FNO3. The van der Waals surface area contributed by atoms with E-state index in [-0.39, 0.29) is 18.2 Å². The second-order valence-corrected chi connectivity index (χ2v) is 5.26. The van der Waals surface area contributed by atoms with E-state index in [1.807, 2.05) is 11.5 Å². The Balaban J connectivity index is 2.40. The molecule has 5 heteroatoms. The van der Waals surface area contributed by atoms with E-state index in [0.717, 1.165) is 5.69 Å².